The molecule has 0 spiro atoms. The van der Waals surface area contributed by atoms with Crippen LogP contribution in [0, 0.1) is 0 Å². The van der Waals surface area contributed by atoms with Crippen molar-refractivity contribution >= 4 is 5.91 Å². The average molecular weight is 430 g/mol. The van der Waals surface area contributed by atoms with Crippen LogP contribution < -0.4 is 4.74 Å². The van der Waals surface area contributed by atoms with E-state index in [1.807, 2.05) is 29.2 Å². The van der Waals surface area contributed by atoms with Gasteiger partial charge in [-0.05, 0) is 43.5 Å². The van der Waals surface area contributed by atoms with Crippen LogP contribution in [0.1, 0.15) is 29.8 Å². The number of rotatable bonds is 8. The molecule has 0 saturated carbocycles. The van der Waals surface area contributed by atoms with Crippen LogP contribution in [0.25, 0.3) is 11.3 Å². The van der Waals surface area contributed by atoms with Gasteiger partial charge in [0.25, 0.3) is 5.91 Å². The van der Waals surface area contributed by atoms with Crippen LogP contribution in [0.5, 0.6) is 5.75 Å². The number of amides is 1. The highest BCUT2D eigenvalue weighted by Crippen LogP contribution is 2.27. The summed E-state index contributed by atoms with van der Waals surface area (Å²) < 4.78 is 21.8. The first-order chi connectivity index (χ1) is 15.3. The third kappa shape index (κ3) is 5.44. The third-order valence-corrected chi connectivity index (χ3v) is 5.99. The summed E-state index contributed by atoms with van der Waals surface area (Å²) in [6.07, 6.45) is 3.96. The predicted molar refractivity (Wildman–Crippen MR) is 115 cm³/mol. The predicted octanol–water partition coefficient (Wildman–Crippen LogP) is 2.69. The Bertz CT molecular complexity index is 826. The van der Waals surface area contributed by atoms with Crippen molar-refractivity contribution < 1.29 is 23.4 Å². The molecule has 4 rings (SSSR count). The molecule has 0 N–H and O–H groups in total. The maximum absolute atomic E-state index is 13.6. The van der Waals surface area contributed by atoms with Crippen molar-refractivity contribution in [3.63, 3.8) is 0 Å². The van der Waals surface area contributed by atoms with Crippen LogP contribution in [-0.2, 0) is 9.47 Å². The lowest BCUT2D eigenvalue weighted by Gasteiger charge is -2.35. The number of carbonyl (C=O) groups is 1. The summed E-state index contributed by atoms with van der Waals surface area (Å²) in [6, 6.07) is 7.63. The lowest BCUT2D eigenvalue weighted by Crippen LogP contribution is -2.45. The SMILES string of the molecule is COc1ccc(-c2ocnc2C(=O)N(CCCN2CCOCC2)C2CCOCC2)cc1. The summed E-state index contributed by atoms with van der Waals surface area (Å²) in [4.78, 5) is 22.3. The summed E-state index contributed by atoms with van der Waals surface area (Å²) in [6.45, 7) is 6.49. The Balaban J connectivity index is 1.49. The first-order valence-corrected chi connectivity index (χ1v) is 11.0. The maximum atomic E-state index is 13.6. The van der Waals surface area contributed by atoms with Gasteiger partial charge in [0.1, 0.15) is 5.75 Å². The van der Waals surface area contributed by atoms with Gasteiger partial charge in [0.15, 0.2) is 17.8 Å². The highest BCUT2D eigenvalue weighted by Gasteiger charge is 2.30. The monoisotopic (exact) mass is 429 g/mol. The minimum atomic E-state index is -0.0755. The molecule has 31 heavy (non-hydrogen) atoms. The Kier molecular flexibility index (Phi) is 7.56. The number of ether oxygens (including phenoxy) is 3. The quantitative estimate of drug-likeness (QED) is 0.638. The van der Waals surface area contributed by atoms with Crippen molar-refractivity contribution in [3.05, 3.63) is 36.4 Å². The molecule has 2 saturated heterocycles. The summed E-state index contributed by atoms with van der Waals surface area (Å²) in [5, 5.41) is 0. The van der Waals surface area contributed by atoms with E-state index >= 15 is 0 Å². The lowest BCUT2D eigenvalue weighted by molar-refractivity contribution is 0.0221. The summed E-state index contributed by atoms with van der Waals surface area (Å²) >= 11 is 0. The molecule has 8 heteroatoms. The molecule has 2 aliphatic heterocycles. The van der Waals surface area contributed by atoms with Crippen molar-refractivity contribution in [2.24, 2.45) is 0 Å². The summed E-state index contributed by atoms with van der Waals surface area (Å²) in [7, 11) is 1.63. The second-order valence-corrected chi connectivity index (χ2v) is 7.91. The Morgan fingerprint density at radius 3 is 2.55 bits per heavy atom. The first-order valence-electron chi connectivity index (χ1n) is 11.0. The molecule has 2 fully saturated rings. The number of carbonyl (C=O) groups excluding carboxylic acids is 1. The van der Waals surface area contributed by atoms with Crippen LogP contribution in [0.4, 0.5) is 0 Å². The van der Waals surface area contributed by atoms with Crippen molar-refractivity contribution in [1.82, 2.24) is 14.8 Å². The average Bonchev–Trinajstić information content (AvgIpc) is 3.33. The van der Waals surface area contributed by atoms with Crippen molar-refractivity contribution in [3.8, 4) is 17.1 Å². The summed E-state index contributed by atoms with van der Waals surface area (Å²) in [5.41, 5.74) is 1.17. The third-order valence-electron chi connectivity index (χ3n) is 5.99. The van der Waals surface area contributed by atoms with Gasteiger partial charge in [0.2, 0.25) is 0 Å². The van der Waals surface area contributed by atoms with Gasteiger partial charge in [-0.2, -0.15) is 0 Å². The largest absolute Gasteiger partial charge is 0.497 e. The van der Waals surface area contributed by atoms with Gasteiger partial charge in [0.05, 0.1) is 20.3 Å². The molecule has 0 aliphatic carbocycles. The van der Waals surface area contributed by atoms with E-state index in [1.165, 1.54) is 6.39 Å². The number of aromatic nitrogens is 1. The van der Waals surface area contributed by atoms with Crippen LogP contribution in [0.15, 0.2) is 35.1 Å². The second-order valence-electron chi connectivity index (χ2n) is 7.91. The Morgan fingerprint density at radius 2 is 1.84 bits per heavy atom. The highest BCUT2D eigenvalue weighted by atomic mass is 16.5. The van der Waals surface area contributed by atoms with E-state index in [1.54, 1.807) is 7.11 Å². The maximum Gasteiger partial charge on any atom is 0.276 e. The number of morpholine rings is 1. The number of methoxy groups -OCH3 is 1. The molecule has 2 aromatic rings. The minimum absolute atomic E-state index is 0.0755. The van der Waals surface area contributed by atoms with Gasteiger partial charge >= 0.3 is 0 Å². The number of oxazole rings is 1. The highest BCUT2D eigenvalue weighted by molar-refractivity contribution is 5.97. The summed E-state index contributed by atoms with van der Waals surface area (Å²) in [5.74, 6) is 1.18. The van der Waals surface area contributed by atoms with Crippen LogP contribution in [0.3, 0.4) is 0 Å². The smallest absolute Gasteiger partial charge is 0.276 e. The van der Waals surface area contributed by atoms with Crippen molar-refractivity contribution in [2.45, 2.75) is 25.3 Å². The molecule has 3 heterocycles. The molecule has 0 radical (unpaired) electrons. The zero-order chi connectivity index (χ0) is 21.5. The standard InChI is InChI=1S/C23H31N3O5/c1-28-20-5-3-18(4-6-20)22-21(24-17-31-22)23(27)26(19-7-13-29-14-8-19)10-2-9-25-11-15-30-16-12-25/h3-6,17,19H,2,7-16H2,1H3. The Hall–Kier alpha value is -2.42. The number of hydrogen-bond donors (Lipinski definition) is 0. The minimum Gasteiger partial charge on any atom is -0.497 e. The first kappa shape index (κ1) is 21.8. The fourth-order valence-corrected chi connectivity index (χ4v) is 4.22. The fourth-order valence-electron chi connectivity index (χ4n) is 4.22. The number of benzene rings is 1. The molecular weight excluding hydrogens is 398 g/mol. The van der Waals surface area contributed by atoms with E-state index in [0.29, 0.717) is 31.2 Å². The molecule has 1 aromatic carbocycles. The molecule has 8 nitrogen and oxygen atoms in total. The van der Waals surface area contributed by atoms with Crippen LogP contribution in [-0.4, -0.2) is 86.4 Å². The van der Waals surface area contributed by atoms with Gasteiger partial charge in [-0.25, -0.2) is 4.98 Å². The van der Waals surface area contributed by atoms with E-state index in [9.17, 15) is 4.79 Å². The molecule has 168 valence electrons. The van der Waals surface area contributed by atoms with Gasteiger partial charge in [0, 0.05) is 51.0 Å². The number of nitrogens with zero attached hydrogens (tertiary/aromatic N) is 3. The molecule has 0 atom stereocenters. The van der Waals surface area contributed by atoms with Gasteiger partial charge < -0.3 is 23.5 Å². The normalized spacial score (nSPS) is 18.1. The van der Waals surface area contributed by atoms with Crippen LogP contribution in [0.2, 0.25) is 0 Å². The zero-order valence-corrected chi connectivity index (χ0v) is 18.1. The molecule has 1 amide bonds. The van der Waals surface area contributed by atoms with Crippen LogP contribution >= 0.6 is 0 Å². The van der Waals surface area contributed by atoms with E-state index in [0.717, 1.165) is 63.4 Å². The van der Waals surface area contributed by atoms with E-state index < -0.39 is 0 Å². The number of hydrogen-bond acceptors (Lipinski definition) is 7. The topological polar surface area (TPSA) is 77.3 Å². The second kappa shape index (κ2) is 10.7. The van der Waals surface area contributed by atoms with Crippen molar-refractivity contribution in [2.75, 3.05) is 59.7 Å². The Morgan fingerprint density at radius 1 is 1.13 bits per heavy atom. The molecule has 1 aromatic heterocycles. The van der Waals surface area contributed by atoms with E-state index in [2.05, 4.69) is 9.88 Å². The van der Waals surface area contributed by atoms with E-state index in [-0.39, 0.29) is 11.9 Å². The molecule has 0 unspecified atom stereocenters. The molecule has 0 bridgehead atoms. The van der Waals surface area contributed by atoms with Crippen molar-refractivity contribution in [1.29, 1.82) is 0 Å². The zero-order valence-electron chi connectivity index (χ0n) is 18.1. The molecular formula is C23H31N3O5. The lowest BCUT2D eigenvalue weighted by atomic mass is 10.0. The fraction of sp³-hybridized carbons (Fsp3) is 0.565. The Labute approximate surface area is 183 Å². The van der Waals surface area contributed by atoms with Gasteiger partial charge in [-0.15, -0.1) is 0 Å². The van der Waals surface area contributed by atoms with Gasteiger partial charge in [-0.1, -0.05) is 0 Å². The van der Waals surface area contributed by atoms with E-state index in [4.69, 9.17) is 18.6 Å². The molecule has 2 aliphatic rings. The van der Waals surface area contributed by atoms with Gasteiger partial charge in [-0.3, -0.25) is 9.69 Å².